The van der Waals surface area contributed by atoms with E-state index >= 15 is 0 Å². The number of hydrogen-bond donors (Lipinski definition) is 0. The van der Waals surface area contributed by atoms with Crippen molar-refractivity contribution in [3.05, 3.63) is 109 Å². The van der Waals surface area contributed by atoms with Crippen LogP contribution >= 0.6 is 0 Å². The molecule has 0 aliphatic heterocycles. The molecule has 4 aromatic carbocycles. The summed E-state index contributed by atoms with van der Waals surface area (Å²) in [6.45, 7) is 0. The minimum atomic E-state index is 0. The van der Waals surface area contributed by atoms with Gasteiger partial charge in [0.15, 0.2) is 0 Å². The van der Waals surface area contributed by atoms with Crippen LogP contribution < -0.4 is 4.70 Å². The monoisotopic (exact) mass is 357 g/mol. The summed E-state index contributed by atoms with van der Waals surface area (Å²) in [5.41, 5.74) is 5.17. The first-order valence-corrected chi connectivity index (χ1v) is 7.48. The van der Waals surface area contributed by atoms with Gasteiger partial charge in [0.05, 0.1) is 0 Å². The van der Waals surface area contributed by atoms with Gasteiger partial charge in [-0.1, -0.05) is 47.5 Å². The Morgan fingerprint density at radius 1 is 0.417 bits per heavy atom. The second-order valence-electron chi connectivity index (χ2n) is 5.08. The van der Waals surface area contributed by atoms with E-state index in [1.165, 1.54) is 22.3 Å². The van der Waals surface area contributed by atoms with Crippen LogP contribution in [0.15, 0.2) is 109 Å². The zero-order valence-electron chi connectivity index (χ0n) is 13.1. The van der Waals surface area contributed by atoms with Crippen LogP contribution in [-0.2, 0) is 17.1 Å². The van der Waals surface area contributed by atoms with Gasteiger partial charge in [0.1, 0.15) is 0 Å². The first kappa shape index (κ1) is 19.6. The normalized spacial score (nSPS) is 9.00. The maximum absolute atomic E-state index is 2.12. The summed E-state index contributed by atoms with van der Waals surface area (Å²) in [6.07, 6.45) is 0. The molecule has 0 heterocycles. The molecule has 1 radical (unpaired) electrons. The van der Waals surface area contributed by atoms with E-state index in [4.69, 9.17) is 0 Å². The summed E-state index contributed by atoms with van der Waals surface area (Å²) in [6, 6.07) is 37.5. The van der Waals surface area contributed by atoms with E-state index in [0.717, 1.165) is 0 Å². The van der Waals surface area contributed by atoms with Crippen molar-refractivity contribution in [2.24, 2.45) is 0 Å². The second kappa shape index (κ2) is 10.4. The fourth-order valence-electron chi connectivity index (χ4n) is 2.39. The van der Waals surface area contributed by atoms with Crippen LogP contribution in [0.25, 0.3) is 22.3 Å². The van der Waals surface area contributed by atoms with Crippen molar-refractivity contribution >= 4 is 0 Å². The molecule has 0 N–H and O–H groups in total. The van der Waals surface area contributed by atoms with E-state index in [1.807, 2.05) is 12.1 Å². The van der Waals surface area contributed by atoms with E-state index in [0.29, 0.717) is 0 Å². The Hall–Kier alpha value is -2.41. The summed E-state index contributed by atoms with van der Waals surface area (Å²) < 4.78 is 0. The largest absolute Gasteiger partial charge is 3.00 e. The van der Waals surface area contributed by atoms with Crippen molar-refractivity contribution in [2.45, 2.75) is 0 Å². The summed E-state index contributed by atoms with van der Waals surface area (Å²) in [5, 5.41) is 0. The van der Waals surface area contributed by atoms with Crippen LogP contribution in [0.1, 0.15) is 0 Å². The number of rotatable bonds is 2. The van der Waals surface area contributed by atoms with Gasteiger partial charge in [0.25, 0.3) is 0 Å². The Labute approximate surface area is 153 Å². The molecule has 0 aliphatic carbocycles. The molecule has 121 valence electrons. The smallest absolute Gasteiger partial charge is 1.00 e. The van der Waals surface area contributed by atoms with Crippen LogP contribution in [0, 0.1) is 0 Å². The average molecular weight is 357 g/mol. The van der Waals surface area contributed by atoms with Crippen molar-refractivity contribution in [1.82, 2.24) is 0 Å². The van der Waals surface area contributed by atoms with Gasteiger partial charge in [0, 0.05) is 0 Å². The Morgan fingerprint density at radius 3 is 1.00 bits per heavy atom. The number of benzene rings is 2. The van der Waals surface area contributed by atoms with Crippen LogP contribution in [0.2, 0.25) is 0 Å². The molecule has 4 rings (SSSR count). The van der Waals surface area contributed by atoms with Crippen LogP contribution in [0.3, 0.4) is 0 Å². The topological polar surface area (TPSA) is 0 Å². The standard InChI is InChI=1S/2C11H9.FH.Fe/c2*1-2-6-10(7-3-1)11-8-4-5-9-11;;/h2*1-9H;1H;/q2*-1;;+3/p-1. The minimum Gasteiger partial charge on any atom is -1.00 e. The van der Waals surface area contributed by atoms with Crippen molar-refractivity contribution in [1.29, 1.82) is 0 Å². The first-order chi connectivity index (χ1) is 10.9. The molecular weight excluding hydrogens is 339 g/mol. The summed E-state index contributed by atoms with van der Waals surface area (Å²) in [5.74, 6) is 0. The van der Waals surface area contributed by atoms with E-state index < -0.39 is 0 Å². The van der Waals surface area contributed by atoms with Gasteiger partial charge in [-0.15, -0.1) is 59.7 Å². The third-order valence-electron chi connectivity index (χ3n) is 3.54. The fourth-order valence-corrected chi connectivity index (χ4v) is 2.39. The summed E-state index contributed by atoms with van der Waals surface area (Å²) >= 11 is 0. The van der Waals surface area contributed by atoms with E-state index in [1.54, 1.807) is 0 Å². The molecule has 0 saturated heterocycles. The van der Waals surface area contributed by atoms with Crippen LogP contribution in [-0.4, -0.2) is 0 Å². The zero-order chi connectivity index (χ0) is 15.0. The Kier molecular flexibility index (Phi) is 8.49. The number of hydrogen-bond acceptors (Lipinski definition) is 0. The van der Waals surface area contributed by atoms with Gasteiger partial charge >= 0.3 is 17.1 Å². The molecule has 24 heavy (non-hydrogen) atoms. The van der Waals surface area contributed by atoms with E-state index in [9.17, 15) is 0 Å². The van der Waals surface area contributed by atoms with Crippen molar-refractivity contribution in [2.75, 3.05) is 0 Å². The van der Waals surface area contributed by atoms with E-state index in [-0.39, 0.29) is 21.8 Å². The van der Waals surface area contributed by atoms with Gasteiger partial charge in [-0.05, 0) is 0 Å². The van der Waals surface area contributed by atoms with Gasteiger partial charge in [0.2, 0.25) is 0 Å². The predicted octanol–water partition coefficient (Wildman–Crippen LogP) is 3.15. The van der Waals surface area contributed by atoms with Crippen molar-refractivity contribution < 1.29 is 21.8 Å². The third-order valence-corrected chi connectivity index (χ3v) is 3.54. The maximum atomic E-state index is 2.12. The molecule has 0 fully saturated rings. The molecule has 0 nitrogen and oxygen atoms in total. The zero-order valence-corrected chi connectivity index (χ0v) is 14.2. The molecule has 2 heteroatoms. The predicted molar refractivity (Wildman–Crippen MR) is 94.9 cm³/mol. The molecule has 0 spiro atoms. The molecule has 0 atom stereocenters. The molecule has 0 bridgehead atoms. The van der Waals surface area contributed by atoms with Crippen molar-refractivity contribution in [3.8, 4) is 22.3 Å². The Morgan fingerprint density at radius 2 is 0.708 bits per heavy atom. The molecule has 0 aliphatic rings. The average Bonchev–Trinajstić information content (AvgIpc) is 3.31. The van der Waals surface area contributed by atoms with Gasteiger partial charge < -0.3 is 4.70 Å². The molecular formula is C22H18FFe. The SMILES string of the molecule is [F-].[Fe+3].c1ccc(-[c-]2cccc2)cc1.c1ccc(-[c-]2cccc2)cc1. The van der Waals surface area contributed by atoms with Crippen LogP contribution in [0.4, 0.5) is 0 Å². The molecule has 0 saturated carbocycles. The Balaban J connectivity index is 0.000000222. The first-order valence-electron chi connectivity index (χ1n) is 7.48. The molecule has 0 unspecified atom stereocenters. The fraction of sp³-hybridized carbons (Fsp3) is 0. The third kappa shape index (κ3) is 5.34. The van der Waals surface area contributed by atoms with Crippen molar-refractivity contribution in [3.63, 3.8) is 0 Å². The molecule has 4 aromatic rings. The van der Waals surface area contributed by atoms with Gasteiger partial charge in [-0.25, -0.2) is 0 Å². The van der Waals surface area contributed by atoms with E-state index in [2.05, 4.69) is 97.1 Å². The molecule has 0 amide bonds. The Bertz CT molecular complexity index is 688. The van der Waals surface area contributed by atoms with Crippen LogP contribution in [0.5, 0.6) is 0 Å². The molecule has 0 aromatic heterocycles. The van der Waals surface area contributed by atoms with Gasteiger partial charge in [-0.3, -0.25) is 0 Å². The maximum Gasteiger partial charge on any atom is 3.00 e. The second-order valence-corrected chi connectivity index (χ2v) is 5.08. The number of halogens is 1. The minimum absolute atomic E-state index is 0. The summed E-state index contributed by atoms with van der Waals surface area (Å²) in [4.78, 5) is 0. The summed E-state index contributed by atoms with van der Waals surface area (Å²) in [7, 11) is 0. The van der Waals surface area contributed by atoms with Gasteiger partial charge in [-0.2, -0.15) is 24.3 Å². The quantitative estimate of drug-likeness (QED) is 0.382.